The lowest BCUT2D eigenvalue weighted by molar-refractivity contribution is -0.144. The molecule has 8 heteroatoms. The third kappa shape index (κ3) is 8.71. The predicted octanol–water partition coefficient (Wildman–Crippen LogP) is 2.76. The highest BCUT2D eigenvalue weighted by Gasteiger charge is 2.26. The van der Waals surface area contributed by atoms with Gasteiger partial charge < -0.3 is 20.9 Å². The molecule has 1 atom stereocenters. The number of amides is 1. The van der Waals surface area contributed by atoms with Gasteiger partial charge in [-0.2, -0.15) is 0 Å². The zero-order valence-corrected chi connectivity index (χ0v) is 18.1. The lowest BCUT2D eigenvalue weighted by Crippen LogP contribution is -2.38. The molecule has 0 unspecified atom stereocenters. The number of hydrogen-bond donors (Lipinski definition) is 2. The number of benzene rings is 1. The number of ether oxygens (including phenoxy) is 2. The lowest BCUT2D eigenvalue weighted by atomic mass is 9.92. The Morgan fingerprint density at radius 3 is 2.04 bits per heavy atom. The van der Waals surface area contributed by atoms with E-state index in [1.165, 1.54) is 12.1 Å². The van der Waals surface area contributed by atoms with E-state index >= 15 is 0 Å². The quantitative estimate of drug-likeness (QED) is 0.545. The first-order valence-electron chi connectivity index (χ1n) is 8.80. The molecule has 0 aliphatic heterocycles. The van der Waals surface area contributed by atoms with Gasteiger partial charge in [-0.1, -0.05) is 26.8 Å². The topological polar surface area (TPSA) is 122 Å². The van der Waals surface area contributed by atoms with Gasteiger partial charge >= 0.3 is 11.9 Å². The van der Waals surface area contributed by atoms with Crippen molar-refractivity contribution in [2.24, 2.45) is 22.3 Å². The Hall–Kier alpha value is -2.12. The average molecular weight is 415 g/mol. The monoisotopic (exact) mass is 414 g/mol. The predicted molar refractivity (Wildman–Crippen MR) is 109 cm³/mol. The van der Waals surface area contributed by atoms with Crippen LogP contribution in [0.3, 0.4) is 0 Å². The molecule has 0 bridgehead atoms. The van der Waals surface area contributed by atoms with Crippen LogP contribution in [0.2, 0.25) is 0 Å². The maximum Gasteiger partial charge on any atom is 0.316 e. The van der Waals surface area contributed by atoms with E-state index < -0.39 is 29.3 Å². The molecule has 0 aliphatic rings. The number of halogens is 1. The molecule has 158 valence electrons. The zero-order valence-electron chi connectivity index (χ0n) is 17.3. The number of rotatable bonds is 6. The number of nitrogens with two attached hydrogens (primary N) is 2. The second-order valence-corrected chi connectivity index (χ2v) is 8.85. The number of primary amides is 1. The van der Waals surface area contributed by atoms with Gasteiger partial charge in [0.05, 0.1) is 17.9 Å². The summed E-state index contributed by atoms with van der Waals surface area (Å²) in [6, 6.07) is 3.84. The molecule has 1 amide bonds. The molecule has 1 aromatic rings. The van der Waals surface area contributed by atoms with Crippen molar-refractivity contribution in [2.75, 3.05) is 0 Å². The molecule has 28 heavy (non-hydrogen) atoms. The molecular weight excluding hydrogens is 384 g/mol. The minimum Gasteiger partial charge on any atom is -0.423 e. The first-order valence-corrected chi connectivity index (χ1v) is 8.80. The first-order chi connectivity index (χ1) is 12.2. The first kappa shape index (κ1) is 25.9. The van der Waals surface area contributed by atoms with Gasteiger partial charge in [-0.3, -0.25) is 14.4 Å². The molecule has 0 aliphatic carbocycles. The Balaban J connectivity index is 0.00000729. The van der Waals surface area contributed by atoms with Crippen molar-refractivity contribution in [2.45, 2.75) is 60.4 Å². The Kier molecular flexibility index (Phi) is 9.14. The van der Waals surface area contributed by atoms with Gasteiger partial charge in [0, 0.05) is 0 Å². The van der Waals surface area contributed by atoms with Crippen molar-refractivity contribution >= 4 is 30.3 Å². The SMILES string of the molecule is CC(C)(C)CC(=O)Oc1ccc(C[C@H](N)C(N)=O)cc1OC(=O)C(C)(C)C.Cl. The van der Waals surface area contributed by atoms with Gasteiger partial charge in [0.1, 0.15) is 0 Å². The van der Waals surface area contributed by atoms with E-state index in [1.807, 2.05) is 20.8 Å². The Morgan fingerprint density at radius 2 is 1.57 bits per heavy atom. The summed E-state index contributed by atoms with van der Waals surface area (Å²) >= 11 is 0. The minimum atomic E-state index is -0.870. The van der Waals surface area contributed by atoms with Crippen molar-refractivity contribution in [1.82, 2.24) is 0 Å². The Labute approximate surface area is 172 Å². The van der Waals surface area contributed by atoms with E-state index in [4.69, 9.17) is 20.9 Å². The van der Waals surface area contributed by atoms with Crippen LogP contribution in [0.15, 0.2) is 18.2 Å². The number of carbonyl (C=O) groups excluding carboxylic acids is 3. The standard InChI is InChI=1S/C20H30N2O5.ClH/c1-19(2,3)11-16(23)26-14-8-7-12(9-13(21)17(22)24)10-15(14)27-18(25)20(4,5)6;/h7-8,10,13H,9,11,21H2,1-6H3,(H2,22,24);1H/t13-;/m0./s1. The Morgan fingerprint density at radius 1 is 1.00 bits per heavy atom. The van der Waals surface area contributed by atoms with E-state index in [1.54, 1.807) is 26.8 Å². The second-order valence-electron chi connectivity index (χ2n) is 8.85. The molecule has 1 aromatic carbocycles. The number of hydrogen-bond acceptors (Lipinski definition) is 6. The van der Waals surface area contributed by atoms with Crippen LogP contribution in [0.1, 0.15) is 53.5 Å². The summed E-state index contributed by atoms with van der Waals surface area (Å²) in [5.41, 5.74) is 10.5. The molecule has 0 aromatic heterocycles. The van der Waals surface area contributed by atoms with Crippen molar-refractivity contribution < 1.29 is 23.9 Å². The van der Waals surface area contributed by atoms with Gasteiger partial charge in [-0.25, -0.2) is 0 Å². The summed E-state index contributed by atoms with van der Waals surface area (Å²) in [7, 11) is 0. The van der Waals surface area contributed by atoms with Crippen LogP contribution in [-0.4, -0.2) is 23.9 Å². The Bertz CT molecular complexity index is 720. The second kappa shape index (κ2) is 9.89. The molecule has 0 radical (unpaired) electrons. The maximum atomic E-state index is 12.3. The summed E-state index contributed by atoms with van der Waals surface area (Å²) in [5, 5.41) is 0. The molecule has 0 saturated heterocycles. The van der Waals surface area contributed by atoms with E-state index in [2.05, 4.69) is 0 Å². The molecule has 0 fully saturated rings. The summed E-state index contributed by atoms with van der Waals surface area (Å²) in [4.78, 5) is 35.6. The molecule has 4 N–H and O–H groups in total. The lowest BCUT2D eigenvalue weighted by Gasteiger charge is -2.20. The highest BCUT2D eigenvalue weighted by atomic mass is 35.5. The van der Waals surface area contributed by atoms with Gasteiger partial charge in [0.25, 0.3) is 0 Å². The van der Waals surface area contributed by atoms with Crippen LogP contribution >= 0.6 is 12.4 Å². The largest absolute Gasteiger partial charge is 0.423 e. The van der Waals surface area contributed by atoms with Crippen molar-refractivity contribution in [3.63, 3.8) is 0 Å². The smallest absolute Gasteiger partial charge is 0.316 e. The van der Waals surface area contributed by atoms with Crippen LogP contribution in [0, 0.1) is 10.8 Å². The van der Waals surface area contributed by atoms with E-state index in [9.17, 15) is 14.4 Å². The maximum absolute atomic E-state index is 12.3. The van der Waals surface area contributed by atoms with E-state index in [0.717, 1.165) is 0 Å². The fraction of sp³-hybridized carbons (Fsp3) is 0.550. The summed E-state index contributed by atoms with van der Waals surface area (Å²) in [6.07, 6.45) is 0.375. The summed E-state index contributed by atoms with van der Waals surface area (Å²) < 4.78 is 10.9. The molecule has 1 rings (SSSR count). The van der Waals surface area contributed by atoms with Crippen LogP contribution < -0.4 is 20.9 Å². The number of esters is 2. The minimum absolute atomic E-state index is 0. The molecule has 7 nitrogen and oxygen atoms in total. The van der Waals surface area contributed by atoms with Gasteiger partial charge in [-0.15, -0.1) is 12.4 Å². The third-order valence-electron chi connectivity index (χ3n) is 3.54. The average Bonchev–Trinajstić information content (AvgIpc) is 2.46. The van der Waals surface area contributed by atoms with E-state index in [0.29, 0.717) is 5.56 Å². The van der Waals surface area contributed by atoms with Crippen LogP contribution in [0.25, 0.3) is 0 Å². The fourth-order valence-electron chi connectivity index (χ4n) is 2.04. The van der Waals surface area contributed by atoms with Crippen molar-refractivity contribution in [3.05, 3.63) is 23.8 Å². The van der Waals surface area contributed by atoms with Gasteiger partial charge in [-0.05, 0) is 50.3 Å². The summed E-state index contributed by atoms with van der Waals surface area (Å²) in [5.74, 6) is -1.31. The summed E-state index contributed by atoms with van der Waals surface area (Å²) in [6.45, 7) is 10.9. The normalized spacial score (nSPS) is 12.5. The highest BCUT2D eigenvalue weighted by molar-refractivity contribution is 5.85. The van der Waals surface area contributed by atoms with Crippen LogP contribution in [0.5, 0.6) is 11.5 Å². The molecule has 0 heterocycles. The third-order valence-corrected chi connectivity index (χ3v) is 3.54. The highest BCUT2D eigenvalue weighted by Crippen LogP contribution is 2.32. The van der Waals surface area contributed by atoms with Crippen LogP contribution in [-0.2, 0) is 20.8 Å². The number of carbonyl (C=O) groups is 3. The molecular formula is C20H31ClN2O5. The van der Waals surface area contributed by atoms with Crippen molar-refractivity contribution in [3.8, 4) is 11.5 Å². The fourth-order valence-corrected chi connectivity index (χ4v) is 2.04. The molecule has 0 spiro atoms. The van der Waals surface area contributed by atoms with E-state index in [-0.39, 0.29) is 42.2 Å². The van der Waals surface area contributed by atoms with Gasteiger partial charge in [0.2, 0.25) is 5.91 Å². The zero-order chi connectivity index (χ0) is 21.0. The van der Waals surface area contributed by atoms with Crippen LogP contribution in [0.4, 0.5) is 0 Å². The van der Waals surface area contributed by atoms with Gasteiger partial charge in [0.15, 0.2) is 11.5 Å². The molecule has 0 saturated carbocycles. The van der Waals surface area contributed by atoms with Crippen molar-refractivity contribution in [1.29, 1.82) is 0 Å².